The topological polar surface area (TPSA) is 74.3 Å². The highest BCUT2D eigenvalue weighted by Crippen LogP contribution is 2.47. The minimum absolute atomic E-state index is 0.106. The lowest BCUT2D eigenvalue weighted by Crippen LogP contribution is -2.39. The second-order valence-corrected chi connectivity index (χ2v) is 11.7. The van der Waals surface area contributed by atoms with Crippen molar-refractivity contribution in [2.75, 3.05) is 23.3 Å². The van der Waals surface area contributed by atoms with Crippen molar-refractivity contribution in [1.82, 2.24) is 10.3 Å². The summed E-state index contributed by atoms with van der Waals surface area (Å²) in [5, 5.41) is 7.04. The van der Waals surface area contributed by atoms with Crippen LogP contribution in [0.2, 0.25) is 0 Å². The quantitative estimate of drug-likeness (QED) is 0.399. The molecule has 2 heterocycles. The Kier molecular flexibility index (Phi) is 6.67. The number of anilines is 2. The van der Waals surface area contributed by atoms with E-state index in [1.807, 2.05) is 31.2 Å². The summed E-state index contributed by atoms with van der Waals surface area (Å²) in [5.41, 5.74) is 5.82. The first-order chi connectivity index (χ1) is 17.7. The maximum absolute atomic E-state index is 13.8. The summed E-state index contributed by atoms with van der Waals surface area (Å²) < 4.78 is 1.02. The molecule has 37 heavy (non-hydrogen) atoms. The fourth-order valence-corrected chi connectivity index (χ4v) is 6.49. The van der Waals surface area contributed by atoms with E-state index in [4.69, 9.17) is 0 Å². The Labute approximate surface area is 222 Å². The van der Waals surface area contributed by atoms with Crippen LogP contribution in [-0.2, 0) is 9.59 Å². The van der Waals surface area contributed by atoms with Crippen molar-refractivity contribution in [3.05, 3.63) is 76.6 Å². The number of carbonyl (C=O) groups is 2. The highest BCUT2D eigenvalue weighted by Gasteiger charge is 2.42. The number of carbonyl (C=O) groups excluding carboxylic acids is 2. The van der Waals surface area contributed by atoms with Crippen LogP contribution in [0.15, 0.2) is 71.1 Å². The van der Waals surface area contributed by atoms with Crippen LogP contribution in [0.3, 0.4) is 0 Å². The maximum Gasteiger partial charge on any atom is 0.256 e. The second-order valence-electron chi connectivity index (χ2n) is 10.6. The van der Waals surface area contributed by atoms with Gasteiger partial charge in [-0.05, 0) is 62.4 Å². The van der Waals surface area contributed by atoms with E-state index in [0.717, 1.165) is 57.9 Å². The van der Waals surface area contributed by atoms with Gasteiger partial charge in [-0.3, -0.25) is 14.9 Å². The number of allylic oxidation sites excluding steroid dienone is 3. The van der Waals surface area contributed by atoms with E-state index in [2.05, 4.69) is 72.5 Å². The minimum Gasteiger partial charge on any atom is -0.372 e. The third-order valence-electron chi connectivity index (χ3n) is 7.35. The average molecular weight is 515 g/mol. The summed E-state index contributed by atoms with van der Waals surface area (Å²) in [6.07, 6.45) is 1.24. The van der Waals surface area contributed by atoms with Gasteiger partial charge in [0.25, 0.3) is 5.91 Å². The number of hydrogen-bond acceptors (Lipinski definition) is 6. The van der Waals surface area contributed by atoms with Crippen LogP contribution in [0.4, 0.5) is 10.8 Å². The van der Waals surface area contributed by atoms with Crippen LogP contribution < -0.4 is 15.5 Å². The number of aromatic nitrogens is 1. The van der Waals surface area contributed by atoms with Gasteiger partial charge in [-0.1, -0.05) is 49.4 Å². The molecule has 2 aromatic carbocycles. The SMILES string of the molecule is CCN(CC)c1ccc([C@@H]2C(C(=O)Nc3nc4ccccc4s3)=C(C)NC3=C2C(=O)CC(C)(C)C3)cc1. The van der Waals surface area contributed by atoms with Gasteiger partial charge in [0, 0.05) is 53.7 Å². The summed E-state index contributed by atoms with van der Waals surface area (Å²) >= 11 is 1.45. The summed E-state index contributed by atoms with van der Waals surface area (Å²) in [6.45, 7) is 12.3. The fraction of sp³-hybridized carbons (Fsp3) is 0.367. The molecular weight excluding hydrogens is 480 g/mol. The summed E-state index contributed by atoms with van der Waals surface area (Å²) in [7, 11) is 0. The molecule has 2 aliphatic rings. The standard InChI is InChI=1S/C30H34N4O2S/c1-6-34(7-2)20-14-12-19(13-15-20)26-25(18(3)31-22-16-30(4,5)17-23(35)27(22)26)28(36)33-29-32-21-10-8-9-11-24(21)37-29/h8-15,26,31H,6-7,16-17H2,1-5H3,(H,32,33,36)/t26-/m1/s1. The number of dihydropyridines is 1. The summed E-state index contributed by atoms with van der Waals surface area (Å²) in [5.74, 6) is -0.555. The lowest BCUT2D eigenvalue weighted by atomic mass is 9.68. The molecule has 0 radical (unpaired) electrons. The molecule has 0 fully saturated rings. The van der Waals surface area contributed by atoms with E-state index in [-0.39, 0.29) is 17.1 Å². The fourth-order valence-electron chi connectivity index (χ4n) is 5.63. The molecule has 192 valence electrons. The Morgan fingerprint density at radius 1 is 1.11 bits per heavy atom. The van der Waals surface area contributed by atoms with Crippen molar-refractivity contribution in [2.45, 2.75) is 53.4 Å². The Hall–Kier alpha value is -3.45. The minimum atomic E-state index is -0.431. The van der Waals surface area contributed by atoms with Gasteiger partial charge in [0.2, 0.25) is 0 Å². The molecule has 0 saturated carbocycles. The molecule has 1 amide bonds. The molecule has 2 N–H and O–H groups in total. The van der Waals surface area contributed by atoms with E-state index < -0.39 is 5.92 Å². The number of Topliss-reactive ketones (excluding diaryl/α,β-unsaturated/α-hetero) is 1. The molecule has 3 aromatic rings. The number of ketones is 1. The number of rotatable bonds is 6. The molecule has 0 saturated heterocycles. The van der Waals surface area contributed by atoms with Gasteiger partial charge in [0.15, 0.2) is 10.9 Å². The lowest BCUT2D eigenvalue weighted by molar-refractivity contribution is -0.118. The zero-order valence-electron chi connectivity index (χ0n) is 22.1. The molecule has 1 aliphatic heterocycles. The van der Waals surface area contributed by atoms with Gasteiger partial charge < -0.3 is 10.2 Å². The lowest BCUT2D eigenvalue weighted by Gasteiger charge is -2.39. The Morgan fingerprint density at radius 3 is 2.49 bits per heavy atom. The average Bonchev–Trinajstić information content (AvgIpc) is 3.25. The Morgan fingerprint density at radius 2 is 1.81 bits per heavy atom. The van der Waals surface area contributed by atoms with Crippen LogP contribution in [0.1, 0.15) is 58.9 Å². The number of para-hydroxylation sites is 1. The van der Waals surface area contributed by atoms with E-state index in [1.165, 1.54) is 11.3 Å². The molecule has 1 aromatic heterocycles. The monoisotopic (exact) mass is 514 g/mol. The van der Waals surface area contributed by atoms with Crippen LogP contribution in [-0.4, -0.2) is 29.8 Å². The van der Waals surface area contributed by atoms with Crippen LogP contribution in [0, 0.1) is 5.41 Å². The smallest absolute Gasteiger partial charge is 0.256 e. The molecule has 0 spiro atoms. The Bertz CT molecular complexity index is 1390. The predicted molar refractivity (Wildman–Crippen MR) is 152 cm³/mol. The third-order valence-corrected chi connectivity index (χ3v) is 8.31. The van der Waals surface area contributed by atoms with Gasteiger partial charge >= 0.3 is 0 Å². The van der Waals surface area contributed by atoms with E-state index in [1.54, 1.807) is 0 Å². The normalized spacial score (nSPS) is 19.1. The van der Waals surface area contributed by atoms with Gasteiger partial charge in [-0.25, -0.2) is 4.98 Å². The summed E-state index contributed by atoms with van der Waals surface area (Å²) in [6, 6.07) is 16.2. The molecule has 7 heteroatoms. The number of amides is 1. The first-order valence-corrected chi connectivity index (χ1v) is 13.8. The van der Waals surface area contributed by atoms with Crippen LogP contribution >= 0.6 is 11.3 Å². The highest BCUT2D eigenvalue weighted by atomic mass is 32.1. The molecular formula is C30H34N4O2S. The predicted octanol–water partition coefficient (Wildman–Crippen LogP) is 6.39. The van der Waals surface area contributed by atoms with Gasteiger partial charge in [0.05, 0.1) is 10.2 Å². The molecule has 6 nitrogen and oxygen atoms in total. The van der Waals surface area contributed by atoms with Gasteiger partial charge in [-0.15, -0.1) is 0 Å². The second kappa shape index (κ2) is 9.78. The zero-order chi connectivity index (χ0) is 26.3. The van der Waals surface area contributed by atoms with Crippen LogP contribution in [0.25, 0.3) is 10.2 Å². The number of benzene rings is 2. The van der Waals surface area contributed by atoms with Crippen molar-refractivity contribution >= 4 is 44.1 Å². The van der Waals surface area contributed by atoms with Gasteiger partial charge in [0.1, 0.15) is 0 Å². The van der Waals surface area contributed by atoms with Crippen molar-refractivity contribution < 1.29 is 9.59 Å². The first kappa shape index (κ1) is 25.2. The highest BCUT2D eigenvalue weighted by molar-refractivity contribution is 7.22. The number of nitrogens with one attached hydrogen (secondary N) is 2. The van der Waals surface area contributed by atoms with E-state index >= 15 is 0 Å². The molecule has 0 unspecified atom stereocenters. The van der Waals surface area contributed by atoms with Crippen molar-refractivity contribution in [1.29, 1.82) is 0 Å². The van der Waals surface area contributed by atoms with Crippen LogP contribution in [0.5, 0.6) is 0 Å². The number of nitrogens with zero attached hydrogens (tertiary/aromatic N) is 2. The Balaban J connectivity index is 1.56. The number of fused-ring (bicyclic) bond motifs is 1. The molecule has 1 atom stereocenters. The van der Waals surface area contributed by atoms with Gasteiger partial charge in [-0.2, -0.15) is 0 Å². The first-order valence-electron chi connectivity index (χ1n) is 13.0. The van der Waals surface area contributed by atoms with E-state index in [9.17, 15) is 9.59 Å². The number of hydrogen-bond donors (Lipinski definition) is 2. The summed E-state index contributed by atoms with van der Waals surface area (Å²) in [4.78, 5) is 34.3. The number of thiazole rings is 1. The molecule has 1 aliphatic carbocycles. The largest absolute Gasteiger partial charge is 0.372 e. The molecule has 5 rings (SSSR count). The van der Waals surface area contributed by atoms with Crippen molar-refractivity contribution in [2.24, 2.45) is 5.41 Å². The molecule has 0 bridgehead atoms. The van der Waals surface area contributed by atoms with E-state index in [0.29, 0.717) is 17.1 Å². The van der Waals surface area contributed by atoms with Crippen molar-refractivity contribution in [3.8, 4) is 0 Å². The maximum atomic E-state index is 13.8. The zero-order valence-corrected chi connectivity index (χ0v) is 23.0. The van der Waals surface area contributed by atoms with Crippen molar-refractivity contribution in [3.63, 3.8) is 0 Å². The third kappa shape index (κ3) is 4.80.